The minimum atomic E-state index is -3.38. The standard InChI is InChI=1S/C20H22ClN3O.2ClH/c1-3-24(4-2)13-14-11-16(6-8-20(14)25)23-18-9-10-22-19-12-15(21)5-7-17(18)19;;/h5-12,25H,3-4,13H2,1-2H3,(H,22,23);2*1H/i1D3,2D3,3D2,4D2;;. The number of aromatic hydroxyl groups is 1. The average molecular weight is 439 g/mol. The number of nitrogens with zero attached hydrogens (tertiary/aromatic N) is 2. The van der Waals surface area contributed by atoms with E-state index in [1.54, 1.807) is 30.5 Å². The number of anilines is 2. The lowest BCUT2D eigenvalue weighted by molar-refractivity contribution is 0.291. The van der Waals surface area contributed by atoms with Crippen LogP contribution in [0.15, 0.2) is 48.7 Å². The lowest BCUT2D eigenvalue weighted by Gasteiger charge is -2.19. The van der Waals surface area contributed by atoms with Crippen LogP contribution in [-0.4, -0.2) is 28.0 Å². The van der Waals surface area contributed by atoms with Crippen molar-refractivity contribution in [1.29, 1.82) is 0 Å². The Hall–Kier alpha value is -1.72. The zero-order valence-electron chi connectivity index (χ0n) is 23.9. The summed E-state index contributed by atoms with van der Waals surface area (Å²) in [4.78, 5) is 4.35. The van der Waals surface area contributed by atoms with E-state index in [2.05, 4.69) is 10.3 Å². The molecule has 146 valence electrons. The molecule has 2 aromatic carbocycles. The molecule has 7 heteroatoms. The summed E-state index contributed by atoms with van der Waals surface area (Å²) in [6.45, 7) is -14.4. The summed E-state index contributed by atoms with van der Waals surface area (Å²) in [5.41, 5.74) is 1.54. The quantitative estimate of drug-likeness (QED) is 0.462. The van der Waals surface area contributed by atoms with Gasteiger partial charge < -0.3 is 10.4 Å². The van der Waals surface area contributed by atoms with E-state index in [9.17, 15) is 5.11 Å². The Morgan fingerprint density at radius 2 is 1.93 bits per heavy atom. The molecule has 0 saturated heterocycles. The van der Waals surface area contributed by atoms with Gasteiger partial charge in [0.2, 0.25) is 0 Å². The van der Waals surface area contributed by atoms with Gasteiger partial charge in [0.25, 0.3) is 0 Å². The van der Waals surface area contributed by atoms with Crippen molar-refractivity contribution < 1.29 is 18.8 Å². The molecular weight excluding hydrogens is 405 g/mol. The monoisotopic (exact) mass is 437 g/mol. The zero-order valence-corrected chi connectivity index (χ0v) is 16.3. The largest absolute Gasteiger partial charge is 0.508 e. The van der Waals surface area contributed by atoms with Crippen LogP contribution in [0.5, 0.6) is 5.75 Å². The van der Waals surface area contributed by atoms with Gasteiger partial charge in [0.1, 0.15) is 5.75 Å². The molecule has 0 unspecified atom stereocenters. The maximum Gasteiger partial charge on any atom is 0.120 e. The zero-order chi connectivity index (χ0) is 26.4. The average Bonchev–Trinajstić information content (AvgIpc) is 2.72. The van der Waals surface area contributed by atoms with Crippen LogP contribution in [0.1, 0.15) is 33.0 Å². The number of halogens is 3. The molecule has 0 aliphatic rings. The first-order valence-electron chi connectivity index (χ1n) is 12.4. The molecule has 2 N–H and O–H groups in total. The fourth-order valence-electron chi connectivity index (χ4n) is 2.45. The van der Waals surface area contributed by atoms with Gasteiger partial charge in [-0.15, -0.1) is 24.8 Å². The Kier molecular flexibility index (Phi) is 4.69. The van der Waals surface area contributed by atoms with Crippen molar-refractivity contribution in [3.05, 3.63) is 59.2 Å². The van der Waals surface area contributed by atoms with Gasteiger partial charge in [0.05, 0.1) is 5.52 Å². The summed E-state index contributed by atoms with van der Waals surface area (Å²) in [7, 11) is 0. The summed E-state index contributed by atoms with van der Waals surface area (Å²) in [5.74, 6) is -0.394. The Morgan fingerprint density at radius 1 is 1.15 bits per heavy atom. The number of hydrogen-bond donors (Lipinski definition) is 2. The van der Waals surface area contributed by atoms with Crippen molar-refractivity contribution in [2.45, 2.75) is 20.2 Å². The first kappa shape index (κ1) is 12.0. The van der Waals surface area contributed by atoms with Gasteiger partial charge in [-0.2, -0.15) is 0 Å². The van der Waals surface area contributed by atoms with Gasteiger partial charge in [0.15, 0.2) is 0 Å². The summed E-state index contributed by atoms with van der Waals surface area (Å²) in [5, 5.41) is 14.7. The Labute approximate surface area is 191 Å². The van der Waals surface area contributed by atoms with Crippen LogP contribution in [-0.2, 0) is 6.54 Å². The molecule has 0 radical (unpaired) electrons. The molecule has 0 spiro atoms. The molecule has 0 fully saturated rings. The maximum atomic E-state index is 10.4. The van der Waals surface area contributed by atoms with Crippen molar-refractivity contribution >= 4 is 58.7 Å². The van der Waals surface area contributed by atoms with Gasteiger partial charge in [-0.1, -0.05) is 25.3 Å². The number of fused-ring (bicyclic) bond motifs is 1. The van der Waals surface area contributed by atoms with E-state index in [-0.39, 0.29) is 35.3 Å². The summed E-state index contributed by atoms with van der Waals surface area (Å²) >= 11 is 6.02. The van der Waals surface area contributed by atoms with E-state index < -0.39 is 39.0 Å². The summed E-state index contributed by atoms with van der Waals surface area (Å²) in [6, 6.07) is 10.9. The molecule has 0 atom stereocenters. The van der Waals surface area contributed by atoms with E-state index in [0.29, 0.717) is 21.9 Å². The molecule has 3 aromatic rings. The fourth-order valence-corrected chi connectivity index (χ4v) is 2.62. The number of phenolic OH excluding ortho intramolecular Hbond substituents is 1. The minimum Gasteiger partial charge on any atom is -0.508 e. The highest BCUT2D eigenvalue weighted by molar-refractivity contribution is 6.31. The van der Waals surface area contributed by atoms with Gasteiger partial charge in [0, 0.05) is 53.8 Å². The van der Waals surface area contributed by atoms with E-state index in [1.165, 1.54) is 18.2 Å². The van der Waals surface area contributed by atoms with Crippen LogP contribution in [0.3, 0.4) is 0 Å². The first-order chi connectivity index (χ1) is 15.9. The highest BCUT2D eigenvalue weighted by atomic mass is 35.5. The third-order valence-corrected chi connectivity index (χ3v) is 3.90. The third kappa shape index (κ3) is 5.63. The number of rotatable bonds is 6. The minimum absolute atomic E-state index is 0. The number of benzene rings is 2. The Bertz CT molecular complexity index is 1210. The van der Waals surface area contributed by atoms with Crippen LogP contribution >= 0.6 is 36.4 Å². The van der Waals surface area contributed by atoms with E-state index in [1.807, 2.05) is 0 Å². The van der Waals surface area contributed by atoms with Crippen LogP contribution < -0.4 is 5.32 Å². The molecule has 0 bridgehead atoms. The fraction of sp³-hybridized carbons (Fsp3) is 0.250. The number of nitrogens with one attached hydrogen (secondary N) is 1. The van der Waals surface area contributed by atoms with Crippen molar-refractivity contribution in [2.24, 2.45) is 0 Å². The molecular formula is C20H24Cl3N3O. The smallest absolute Gasteiger partial charge is 0.120 e. The van der Waals surface area contributed by atoms with Gasteiger partial charge in [-0.3, -0.25) is 9.88 Å². The predicted molar refractivity (Wildman–Crippen MR) is 119 cm³/mol. The maximum absolute atomic E-state index is 10.4. The molecule has 0 aliphatic carbocycles. The second-order valence-electron chi connectivity index (χ2n) is 5.30. The van der Waals surface area contributed by atoms with Crippen molar-refractivity contribution in [3.8, 4) is 5.75 Å². The topological polar surface area (TPSA) is 48.4 Å². The van der Waals surface area contributed by atoms with Crippen molar-refractivity contribution in [2.75, 3.05) is 18.3 Å². The predicted octanol–water partition coefficient (Wildman–Crippen LogP) is 6.02. The molecule has 27 heavy (non-hydrogen) atoms. The van der Waals surface area contributed by atoms with Gasteiger partial charge in [-0.05, 0) is 55.5 Å². The normalized spacial score (nSPS) is 17.9. The number of aromatic nitrogens is 1. The highest BCUT2D eigenvalue weighted by Gasteiger charge is 2.09. The lowest BCUT2D eigenvalue weighted by Crippen LogP contribution is -2.22. The number of pyridine rings is 1. The molecule has 0 saturated carbocycles. The van der Waals surface area contributed by atoms with Crippen molar-refractivity contribution in [1.82, 2.24) is 9.88 Å². The summed E-state index contributed by atoms with van der Waals surface area (Å²) in [6.07, 6.45) is 1.56. The Balaban J connectivity index is 0.00000342. The van der Waals surface area contributed by atoms with E-state index >= 15 is 0 Å². The molecule has 3 rings (SSSR count). The van der Waals surface area contributed by atoms with Crippen LogP contribution in [0.2, 0.25) is 5.02 Å². The van der Waals surface area contributed by atoms with Crippen LogP contribution in [0.25, 0.3) is 10.9 Å². The number of hydrogen-bond acceptors (Lipinski definition) is 4. The molecule has 0 amide bonds. The Morgan fingerprint density at radius 3 is 2.67 bits per heavy atom. The highest BCUT2D eigenvalue weighted by Crippen LogP contribution is 2.29. The van der Waals surface area contributed by atoms with Crippen LogP contribution in [0.4, 0.5) is 11.4 Å². The van der Waals surface area contributed by atoms with Gasteiger partial charge in [-0.25, -0.2) is 0 Å². The SMILES string of the molecule is Cl.Cl.[2H]C([2H])([2H])C([2H])([2H])N(Cc1cc(Nc2ccnc3cc(Cl)ccc23)ccc1O)C([2H])([2H])C([2H])([2H])[2H]. The second-order valence-corrected chi connectivity index (χ2v) is 5.73. The molecule has 1 aromatic heterocycles. The van der Waals surface area contributed by atoms with Crippen LogP contribution in [0, 0.1) is 0 Å². The lowest BCUT2D eigenvalue weighted by atomic mass is 10.1. The molecule has 4 nitrogen and oxygen atoms in total. The van der Waals surface area contributed by atoms with E-state index in [0.717, 1.165) is 5.39 Å². The van der Waals surface area contributed by atoms with E-state index in [4.69, 9.17) is 25.3 Å². The summed E-state index contributed by atoms with van der Waals surface area (Å²) < 4.78 is 77.4. The third-order valence-electron chi connectivity index (χ3n) is 3.66. The number of phenols is 1. The van der Waals surface area contributed by atoms with Crippen molar-refractivity contribution in [3.63, 3.8) is 0 Å². The van der Waals surface area contributed by atoms with Gasteiger partial charge >= 0.3 is 0 Å². The molecule has 0 aliphatic heterocycles. The second kappa shape index (κ2) is 10.6. The molecule has 1 heterocycles. The first-order valence-corrected chi connectivity index (χ1v) is 7.74.